The van der Waals surface area contributed by atoms with Crippen molar-refractivity contribution in [3.8, 4) is 0 Å². The van der Waals surface area contributed by atoms with Crippen LogP contribution in [-0.4, -0.2) is 16.3 Å². The van der Waals surface area contributed by atoms with Crippen LogP contribution in [0.5, 0.6) is 0 Å². The zero-order valence-corrected chi connectivity index (χ0v) is 8.40. The lowest BCUT2D eigenvalue weighted by Crippen LogP contribution is -2.19. The third kappa shape index (κ3) is 1.43. The van der Waals surface area contributed by atoms with E-state index in [-0.39, 0.29) is 0 Å². The molecule has 0 saturated heterocycles. The van der Waals surface area contributed by atoms with E-state index in [0.29, 0.717) is 0 Å². The van der Waals surface area contributed by atoms with Gasteiger partial charge in [0.2, 0.25) is 0 Å². The topological polar surface area (TPSA) is 40.5 Å². The lowest BCUT2D eigenvalue weighted by atomic mass is 9.93. The lowest BCUT2D eigenvalue weighted by molar-refractivity contribution is 0.0469. The molecule has 0 fully saturated rings. The highest BCUT2D eigenvalue weighted by Crippen LogP contribution is 2.32. The zero-order chi connectivity index (χ0) is 9.42. The van der Waals surface area contributed by atoms with Gasteiger partial charge in [-0.15, -0.1) is 0 Å². The second-order valence-corrected chi connectivity index (χ2v) is 3.89. The molecule has 0 saturated carbocycles. The van der Waals surface area contributed by atoms with Crippen LogP contribution in [0.2, 0.25) is 0 Å². The first-order valence-corrected chi connectivity index (χ1v) is 4.82. The summed E-state index contributed by atoms with van der Waals surface area (Å²) in [6, 6.07) is 5.57. The fourth-order valence-corrected chi connectivity index (χ4v) is 1.99. The van der Waals surface area contributed by atoms with E-state index >= 15 is 0 Å². The first-order chi connectivity index (χ1) is 6.20. The Morgan fingerprint density at radius 2 is 2.00 bits per heavy atom. The van der Waals surface area contributed by atoms with Crippen LogP contribution in [0.1, 0.15) is 17.2 Å². The molecule has 0 radical (unpaired) electrons. The van der Waals surface area contributed by atoms with Crippen LogP contribution in [0.4, 0.5) is 0 Å². The molecule has 0 aromatic heterocycles. The normalized spacial score (nSPS) is 25.8. The molecule has 1 aliphatic carbocycles. The SMILES string of the molecule is O[C@@H]1C=Cc2c(Br)cccc2[C@@H]1O. The highest BCUT2D eigenvalue weighted by Gasteiger charge is 2.22. The molecule has 1 aliphatic rings. The molecule has 2 nitrogen and oxygen atoms in total. The summed E-state index contributed by atoms with van der Waals surface area (Å²) >= 11 is 3.39. The molecule has 1 aromatic rings. The van der Waals surface area contributed by atoms with Gasteiger partial charge in [-0.25, -0.2) is 0 Å². The van der Waals surface area contributed by atoms with E-state index in [1.807, 2.05) is 24.3 Å². The molecular weight excluding hydrogens is 232 g/mol. The summed E-state index contributed by atoms with van der Waals surface area (Å²) in [6.07, 6.45) is 1.81. The van der Waals surface area contributed by atoms with Gasteiger partial charge in [0.05, 0.1) is 0 Å². The average molecular weight is 241 g/mol. The molecule has 68 valence electrons. The van der Waals surface area contributed by atoms with Crippen LogP contribution >= 0.6 is 15.9 Å². The van der Waals surface area contributed by atoms with E-state index in [1.54, 1.807) is 6.08 Å². The number of aliphatic hydroxyl groups is 2. The minimum Gasteiger partial charge on any atom is -0.386 e. The molecule has 2 rings (SSSR count). The highest BCUT2D eigenvalue weighted by atomic mass is 79.9. The van der Waals surface area contributed by atoms with Crippen molar-refractivity contribution in [3.63, 3.8) is 0 Å². The van der Waals surface area contributed by atoms with Crippen molar-refractivity contribution in [2.45, 2.75) is 12.2 Å². The highest BCUT2D eigenvalue weighted by molar-refractivity contribution is 9.10. The Labute approximate surface area is 84.7 Å². The summed E-state index contributed by atoms with van der Waals surface area (Å²) in [5.74, 6) is 0. The average Bonchev–Trinajstić information content (AvgIpc) is 2.12. The number of aliphatic hydroxyl groups excluding tert-OH is 2. The van der Waals surface area contributed by atoms with Crippen molar-refractivity contribution in [2.75, 3.05) is 0 Å². The Morgan fingerprint density at radius 1 is 1.23 bits per heavy atom. The molecule has 0 unspecified atom stereocenters. The number of fused-ring (bicyclic) bond motifs is 1. The predicted octanol–water partition coefficient (Wildman–Crippen LogP) is 1.87. The van der Waals surface area contributed by atoms with Crippen molar-refractivity contribution >= 4 is 22.0 Å². The number of halogens is 1. The Balaban J connectivity index is 2.58. The summed E-state index contributed by atoms with van der Waals surface area (Å²) in [4.78, 5) is 0. The van der Waals surface area contributed by atoms with Crippen molar-refractivity contribution in [1.29, 1.82) is 0 Å². The summed E-state index contributed by atoms with van der Waals surface area (Å²) in [5.41, 5.74) is 1.71. The van der Waals surface area contributed by atoms with Crippen LogP contribution in [0, 0.1) is 0 Å². The third-order valence-corrected chi connectivity index (χ3v) is 2.88. The maximum absolute atomic E-state index is 9.63. The minimum atomic E-state index is -0.808. The second-order valence-electron chi connectivity index (χ2n) is 3.04. The fourth-order valence-electron chi connectivity index (χ4n) is 1.47. The number of hydrogen-bond acceptors (Lipinski definition) is 2. The summed E-state index contributed by atoms with van der Waals surface area (Å²) in [7, 11) is 0. The molecular formula is C10H9BrO2. The number of rotatable bonds is 0. The van der Waals surface area contributed by atoms with E-state index in [1.165, 1.54) is 0 Å². The quantitative estimate of drug-likeness (QED) is 0.727. The summed E-state index contributed by atoms with van der Waals surface area (Å²) in [6.45, 7) is 0. The van der Waals surface area contributed by atoms with Gasteiger partial charge >= 0.3 is 0 Å². The Kier molecular flexibility index (Phi) is 2.24. The Bertz CT molecular complexity index is 360. The van der Waals surface area contributed by atoms with Crippen molar-refractivity contribution in [3.05, 3.63) is 39.9 Å². The summed E-state index contributed by atoms with van der Waals surface area (Å²) < 4.78 is 0.937. The molecule has 2 atom stereocenters. The third-order valence-electron chi connectivity index (χ3n) is 2.19. The van der Waals surface area contributed by atoms with E-state index in [4.69, 9.17) is 0 Å². The number of hydrogen-bond donors (Lipinski definition) is 2. The molecule has 0 spiro atoms. The molecule has 0 aliphatic heterocycles. The van der Waals surface area contributed by atoms with E-state index in [0.717, 1.165) is 15.6 Å². The van der Waals surface area contributed by atoms with Crippen molar-refractivity contribution in [1.82, 2.24) is 0 Å². The van der Waals surface area contributed by atoms with Gasteiger partial charge in [0.15, 0.2) is 0 Å². The fraction of sp³-hybridized carbons (Fsp3) is 0.200. The molecule has 3 heteroatoms. The first-order valence-electron chi connectivity index (χ1n) is 4.03. The van der Waals surface area contributed by atoms with Crippen LogP contribution in [0.3, 0.4) is 0 Å². The van der Waals surface area contributed by atoms with Crippen LogP contribution in [0.25, 0.3) is 6.08 Å². The molecule has 13 heavy (non-hydrogen) atoms. The molecule has 2 N–H and O–H groups in total. The Hall–Kier alpha value is -0.640. The smallest absolute Gasteiger partial charge is 0.109 e. The monoisotopic (exact) mass is 240 g/mol. The lowest BCUT2D eigenvalue weighted by Gasteiger charge is -2.22. The van der Waals surface area contributed by atoms with E-state index in [9.17, 15) is 10.2 Å². The van der Waals surface area contributed by atoms with E-state index < -0.39 is 12.2 Å². The number of benzene rings is 1. The maximum atomic E-state index is 9.63. The Morgan fingerprint density at radius 3 is 2.77 bits per heavy atom. The van der Waals surface area contributed by atoms with Crippen molar-refractivity contribution in [2.24, 2.45) is 0 Å². The zero-order valence-electron chi connectivity index (χ0n) is 6.81. The van der Waals surface area contributed by atoms with Crippen LogP contribution < -0.4 is 0 Å². The van der Waals surface area contributed by atoms with Gasteiger partial charge in [0, 0.05) is 4.47 Å². The maximum Gasteiger partial charge on any atom is 0.109 e. The van der Waals surface area contributed by atoms with Crippen LogP contribution in [-0.2, 0) is 0 Å². The molecule has 0 heterocycles. The van der Waals surface area contributed by atoms with Gasteiger partial charge in [-0.2, -0.15) is 0 Å². The molecule has 1 aromatic carbocycles. The van der Waals surface area contributed by atoms with Gasteiger partial charge in [0.1, 0.15) is 12.2 Å². The first kappa shape index (κ1) is 8.94. The van der Waals surface area contributed by atoms with Gasteiger partial charge in [-0.3, -0.25) is 0 Å². The van der Waals surface area contributed by atoms with Crippen molar-refractivity contribution < 1.29 is 10.2 Å². The summed E-state index contributed by atoms with van der Waals surface area (Å²) in [5, 5.41) is 19.0. The van der Waals surface area contributed by atoms with Gasteiger partial charge in [-0.05, 0) is 17.2 Å². The largest absolute Gasteiger partial charge is 0.386 e. The van der Waals surface area contributed by atoms with Crippen LogP contribution in [0.15, 0.2) is 28.7 Å². The van der Waals surface area contributed by atoms with Gasteiger partial charge in [0.25, 0.3) is 0 Å². The molecule has 0 bridgehead atoms. The second kappa shape index (κ2) is 3.25. The minimum absolute atomic E-state index is 0.768. The standard InChI is InChI=1S/C10H9BrO2/c11-8-3-1-2-7-6(8)4-5-9(12)10(7)13/h1-5,9-10,12-13H/t9-,10+/m1/s1. The van der Waals surface area contributed by atoms with Gasteiger partial charge in [-0.1, -0.05) is 40.2 Å². The molecule has 0 amide bonds. The predicted molar refractivity (Wildman–Crippen MR) is 54.1 cm³/mol. The van der Waals surface area contributed by atoms with E-state index in [2.05, 4.69) is 15.9 Å². The van der Waals surface area contributed by atoms with Gasteiger partial charge < -0.3 is 10.2 Å².